The van der Waals surface area contributed by atoms with Gasteiger partial charge in [0.1, 0.15) is 0 Å². The topological polar surface area (TPSA) is 33.1 Å². The maximum absolute atomic E-state index is 4.62. The van der Waals surface area contributed by atoms with Gasteiger partial charge < -0.3 is 5.32 Å². The van der Waals surface area contributed by atoms with E-state index in [0.29, 0.717) is 6.04 Å². The van der Waals surface area contributed by atoms with Crippen molar-refractivity contribution in [3.8, 4) is 0 Å². The zero-order valence-corrected chi connectivity index (χ0v) is 17.0. The number of halogens is 2. The van der Waals surface area contributed by atoms with E-state index in [4.69, 9.17) is 0 Å². The number of piperidine rings is 2. The molecule has 2 aliphatic rings. The van der Waals surface area contributed by atoms with Gasteiger partial charge in [-0.25, -0.2) is 0 Å². The van der Waals surface area contributed by atoms with Gasteiger partial charge in [0.25, 0.3) is 0 Å². The molecule has 0 saturated carbocycles. The van der Waals surface area contributed by atoms with E-state index in [1.807, 2.05) is 0 Å². The summed E-state index contributed by atoms with van der Waals surface area (Å²) in [5.74, 6) is 1.95. The van der Waals surface area contributed by atoms with Gasteiger partial charge in [0.05, 0.1) is 12.2 Å². The molecule has 0 bridgehead atoms. The smallest absolute Gasteiger partial charge is 0.0596 e. The third-order valence-corrected chi connectivity index (χ3v) is 5.79. The Bertz CT molecular complexity index is 477. The molecule has 2 saturated heterocycles. The van der Waals surface area contributed by atoms with Crippen LogP contribution in [-0.2, 0) is 6.54 Å². The van der Waals surface area contributed by atoms with Gasteiger partial charge in [0, 0.05) is 11.7 Å². The molecule has 0 spiro atoms. The molecule has 1 N–H and O–H groups in total. The lowest BCUT2D eigenvalue weighted by Gasteiger charge is -2.40. The standard InChI is InChI=1S/C18H32N4.2ClH/c1-14-12-15(2)22(20-14)13-16(3)21-10-6-18(7-11-21)17-4-8-19-9-5-17;;/h12,16-19H,4-11,13H2,1-3H3;2*1H. The largest absolute Gasteiger partial charge is 0.317 e. The molecule has 1 aromatic heterocycles. The summed E-state index contributed by atoms with van der Waals surface area (Å²) in [6.45, 7) is 12.6. The molecule has 0 radical (unpaired) electrons. The highest BCUT2D eigenvalue weighted by atomic mass is 35.5. The van der Waals surface area contributed by atoms with Crippen LogP contribution in [0.2, 0.25) is 0 Å². The first-order valence-corrected chi connectivity index (χ1v) is 9.09. The Morgan fingerprint density at radius 3 is 2.21 bits per heavy atom. The molecule has 0 aromatic carbocycles. The number of aryl methyl sites for hydroxylation is 2. The van der Waals surface area contributed by atoms with Crippen molar-refractivity contribution in [1.82, 2.24) is 20.0 Å². The van der Waals surface area contributed by atoms with Gasteiger partial charge in [0.15, 0.2) is 0 Å². The van der Waals surface area contributed by atoms with E-state index in [-0.39, 0.29) is 24.8 Å². The molecule has 2 aliphatic heterocycles. The molecule has 3 heterocycles. The van der Waals surface area contributed by atoms with Crippen molar-refractivity contribution in [3.05, 3.63) is 17.5 Å². The number of hydrogen-bond acceptors (Lipinski definition) is 3. The summed E-state index contributed by atoms with van der Waals surface area (Å²) in [6.07, 6.45) is 5.58. The Labute approximate surface area is 159 Å². The van der Waals surface area contributed by atoms with Crippen molar-refractivity contribution in [2.24, 2.45) is 11.8 Å². The lowest BCUT2D eigenvalue weighted by atomic mass is 9.79. The van der Waals surface area contributed by atoms with Crippen LogP contribution in [-0.4, -0.2) is 46.9 Å². The summed E-state index contributed by atoms with van der Waals surface area (Å²) in [5, 5.41) is 8.11. The van der Waals surface area contributed by atoms with Crippen molar-refractivity contribution in [3.63, 3.8) is 0 Å². The van der Waals surface area contributed by atoms with E-state index in [2.05, 4.69) is 46.8 Å². The van der Waals surface area contributed by atoms with Gasteiger partial charge in [-0.3, -0.25) is 9.58 Å². The number of aromatic nitrogens is 2. The van der Waals surface area contributed by atoms with Crippen LogP contribution in [0.5, 0.6) is 0 Å². The molecule has 140 valence electrons. The third-order valence-electron chi connectivity index (χ3n) is 5.79. The van der Waals surface area contributed by atoms with E-state index in [0.717, 1.165) is 24.1 Å². The minimum Gasteiger partial charge on any atom is -0.317 e. The Morgan fingerprint density at radius 1 is 1.08 bits per heavy atom. The minimum atomic E-state index is 0. The van der Waals surface area contributed by atoms with E-state index >= 15 is 0 Å². The zero-order valence-electron chi connectivity index (χ0n) is 15.3. The van der Waals surface area contributed by atoms with Gasteiger partial charge in [0.2, 0.25) is 0 Å². The Morgan fingerprint density at radius 2 is 1.67 bits per heavy atom. The van der Waals surface area contributed by atoms with Gasteiger partial charge in [-0.2, -0.15) is 5.10 Å². The first-order chi connectivity index (χ1) is 10.6. The highest BCUT2D eigenvalue weighted by Crippen LogP contribution is 2.31. The fourth-order valence-corrected chi connectivity index (χ4v) is 4.37. The summed E-state index contributed by atoms with van der Waals surface area (Å²) in [6, 6.07) is 2.77. The summed E-state index contributed by atoms with van der Waals surface area (Å²) in [4.78, 5) is 2.67. The van der Waals surface area contributed by atoms with E-state index in [9.17, 15) is 0 Å². The zero-order chi connectivity index (χ0) is 15.5. The van der Waals surface area contributed by atoms with Crippen molar-refractivity contribution in [2.45, 2.75) is 59.0 Å². The predicted molar refractivity (Wildman–Crippen MR) is 106 cm³/mol. The van der Waals surface area contributed by atoms with E-state index < -0.39 is 0 Å². The van der Waals surface area contributed by atoms with Crippen molar-refractivity contribution in [2.75, 3.05) is 26.2 Å². The van der Waals surface area contributed by atoms with Gasteiger partial charge in [-0.05, 0) is 90.5 Å². The summed E-state index contributed by atoms with van der Waals surface area (Å²) < 4.78 is 2.18. The molecule has 4 nitrogen and oxygen atoms in total. The Balaban J connectivity index is 0.00000144. The van der Waals surface area contributed by atoms with Crippen LogP contribution < -0.4 is 5.32 Å². The van der Waals surface area contributed by atoms with Crippen molar-refractivity contribution in [1.29, 1.82) is 0 Å². The van der Waals surface area contributed by atoms with Crippen LogP contribution >= 0.6 is 24.8 Å². The maximum atomic E-state index is 4.62. The molecule has 1 unspecified atom stereocenters. The average molecular weight is 377 g/mol. The molecule has 6 heteroatoms. The van der Waals surface area contributed by atoms with Gasteiger partial charge in [-0.15, -0.1) is 24.8 Å². The van der Waals surface area contributed by atoms with Crippen LogP contribution in [0.25, 0.3) is 0 Å². The molecule has 2 fully saturated rings. The minimum absolute atomic E-state index is 0. The molecule has 0 amide bonds. The highest BCUT2D eigenvalue weighted by Gasteiger charge is 2.29. The summed E-state index contributed by atoms with van der Waals surface area (Å²) in [5.41, 5.74) is 2.42. The van der Waals surface area contributed by atoms with Crippen LogP contribution in [0.15, 0.2) is 6.07 Å². The Hall–Kier alpha value is -0.290. The third kappa shape index (κ3) is 5.35. The normalized spacial score (nSPS) is 21.8. The SMILES string of the molecule is Cc1cc(C)n(CC(C)N2CCC(C3CCNCC3)CC2)n1.Cl.Cl. The van der Waals surface area contributed by atoms with E-state index in [1.54, 1.807) is 0 Å². The van der Waals surface area contributed by atoms with Gasteiger partial charge >= 0.3 is 0 Å². The van der Waals surface area contributed by atoms with Crippen LogP contribution in [0, 0.1) is 25.7 Å². The fourth-order valence-electron chi connectivity index (χ4n) is 4.37. The molecular weight excluding hydrogens is 343 g/mol. The van der Waals surface area contributed by atoms with Crippen LogP contribution in [0.4, 0.5) is 0 Å². The van der Waals surface area contributed by atoms with Crippen molar-refractivity contribution >= 4 is 24.8 Å². The number of nitrogens with one attached hydrogen (secondary N) is 1. The number of nitrogens with zero attached hydrogens (tertiary/aromatic N) is 3. The van der Waals surface area contributed by atoms with Crippen molar-refractivity contribution < 1.29 is 0 Å². The molecule has 0 aliphatic carbocycles. The first kappa shape index (κ1) is 21.8. The van der Waals surface area contributed by atoms with E-state index in [1.165, 1.54) is 57.6 Å². The second-order valence-electron chi connectivity index (χ2n) is 7.42. The fraction of sp³-hybridized carbons (Fsp3) is 0.833. The maximum Gasteiger partial charge on any atom is 0.0596 e. The highest BCUT2D eigenvalue weighted by molar-refractivity contribution is 5.85. The number of likely N-dealkylation sites (tertiary alicyclic amines) is 1. The molecule has 1 aromatic rings. The number of rotatable bonds is 4. The van der Waals surface area contributed by atoms with Gasteiger partial charge in [-0.1, -0.05) is 0 Å². The summed E-state index contributed by atoms with van der Waals surface area (Å²) in [7, 11) is 0. The first-order valence-electron chi connectivity index (χ1n) is 9.09. The lowest BCUT2D eigenvalue weighted by molar-refractivity contribution is 0.0945. The monoisotopic (exact) mass is 376 g/mol. The molecule has 3 rings (SSSR count). The van der Waals surface area contributed by atoms with Crippen LogP contribution in [0.1, 0.15) is 44.0 Å². The Kier molecular flexibility index (Phi) is 9.07. The average Bonchev–Trinajstić information content (AvgIpc) is 2.86. The second-order valence-corrected chi connectivity index (χ2v) is 7.42. The lowest BCUT2D eigenvalue weighted by Crippen LogP contribution is -2.44. The molecule has 24 heavy (non-hydrogen) atoms. The molecular formula is C18H34Cl2N4. The quantitative estimate of drug-likeness (QED) is 0.873. The second kappa shape index (κ2) is 10.0. The predicted octanol–water partition coefficient (Wildman–Crippen LogP) is 3.44. The summed E-state index contributed by atoms with van der Waals surface area (Å²) >= 11 is 0. The molecule has 1 atom stereocenters. The van der Waals surface area contributed by atoms with Crippen LogP contribution in [0.3, 0.4) is 0 Å². The number of hydrogen-bond donors (Lipinski definition) is 1.